The molecule has 0 atom stereocenters. The molecule has 0 aliphatic heterocycles. The standard InChI is InChI=1S/C5H11NO4/c1-8-5(9-2,10-3)4(6)7/h1-3H3,(H2,6,7). The number of ether oxygens (including phenoxy) is 3. The normalized spacial score (nSPS) is 11.5. The Kier molecular flexibility index (Phi) is 3.27. The lowest BCUT2D eigenvalue weighted by molar-refractivity contribution is -0.325. The van der Waals surface area contributed by atoms with Crippen molar-refractivity contribution in [1.82, 2.24) is 0 Å². The van der Waals surface area contributed by atoms with Crippen LogP contribution in [0.5, 0.6) is 0 Å². The van der Waals surface area contributed by atoms with Crippen molar-refractivity contribution in [2.45, 2.75) is 5.97 Å². The van der Waals surface area contributed by atoms with Gasteiger partial charge < -0.3 is 19.9 Å². The molecule has 2 N–H and O–H groups in total. The third-order valence-corrected chi connectivity index (χ3v) is 1.11. The van der Waals surface area contributed by atoms with Crippen LogP contribution >= 0.6 is 0 Å². The van der Waals surface area contributed by atoms with Crippen LogP contribution in [0.4, 0.5) is 0 Å². The van der Waals surface area contributed by atoms with Crippen LogP contribution in [-0.2, 0) is 19.0 Å². The van der Waals surface area contributed by atoms with E-state index in [0.717, 1.165) is 0 Å². The summed E-state index contributed by atoms with van der Waals surface area (Å²) >= 11 is 0. The zero-order valence-electron chi connectivity index (χ0n) is 6.21. The van der Waals surface area contributed by atoms with E-state index in [9.17, 15) is 4.79 Å². The summed E-state index contributed by atoms with van der Waals surface area (Å²) in [5.41, 5.74) is 4.89. The molecule has 0 unspecified atom stereocenters. The Labute approximate surface area is 59.0 Å². The van der Waals surface area contributed by atoms with E-state index >= 15 is 0 Å². The van der Waals surface area contributed by atoms with Crippen molar-refractivity contribution in [3.8, 4) is 0 Å². The Bertz CT molecular complexity index is 113. The topological polar surface area (TPSA) is 70.8 Å². The van der Waals surface area contributed by atoms with Gasteiger partial charge in [0.15, 0.2) is 0 Å². The number of carbonyl (C=O) groups excluding carboxylic acids is 1. The molecule has 0 aromatic rings. The predicted octanol–water partition coefficient (Wildman–Crippen LogP) is -0.935. The molecule has 1 amide bonds. The van der Waals surface area contributed by atoms with Crippen LogP contribution in [0.3, 0.4) is 0 Å². The van der Waals surface area contributed by atoms with Crippen molar-refractivity contribution in [3.63, 3.8) is 0 Å². The average Bonchev–Trinajstić information content (AvgIpc) is 1.92. The van der Waals surface area contributed by atoms with E-state index in [2.05, 4.69) is 14.2 Å². The lowest BCUT2D eigenvalue weighted by atomic mass is 10.5. The van der Waals surface area contributed by atoms with E-state index < -0.39 is 11.9 Å². The van der Waals surface area contributed by atoms with Crippen LogP contribution in [0.15, 0.2) is 0 Å². The highest BCUT2D eigenvalue weighted by Crippen LogP contribution is 2.09. The fraction of sp³-hybridized carbons (Fsp3) is 0.800. The summed E-state index contributed by atoms with van der Waals surface area (Å²) in [6.07, 6.45) is 0. The van der Waals surface area contributed by atoms with Gasteiger partial charge in [-0.1, -0.05) is 0 Å². The second kappa shape index (κ2) is 3.50. The molecule has 0 bridgehead atoms. The van der Waals surface area contributed by atoms with Gasteiger partial charge in [0.1, 0.15) is 0 Å². The van der Waals surface area contributed by atoms with E-state index in [4.69, 9.17) is 5.73 Å². The zero-order chi connectivity index (χ0) is 8.20. The van der Waals surface area contributed by atoms with E-state index in [1.165, 1.54) is 21.3 Å². The number of primary amides is 1. The number of methoxy groups -OCH3 is 3. The van der Waals surface area contributed by atoms with Crippen molar-refractivity contribution >= 4 is 5.91 Å². The van der Waals surface area contributed by atoms with Gasteiger partial charge in [0.05, 0.1) is 0 Å². The molecule has 0 fully saturated rings. The molecular formula is C5H11NO4. The smallest absolute Gasteiger partial charge is 0.363 e. The third-order valence-electron chi connectivity index (χ3n) is 1.11. The largest absolute Gasteiger partial charge is 0.366 e. The maximum Gasteiger partial charge on any atom is 0.366 e. The van der Waals surface area contributed by atoms with Gasteiger partial charge in [-0.05, 0) is 0 Å². The molecule has 0 aromatic heterocycles. The van der Waals surface area contributed by atoms with Crippen molar-refractivity contribution < 1.29 is 19.0 Å². The molecule has 0 aliphatic rings. The Hall–Kier alpha value is -0.650. The predicted molar refractivity (Wildman–Crippen MR) is 33.0 cm³/mol. The Morgan fingerprint density at radius 3 is 1.50 bits per heavy atom. The maximum absolute atomic E-state index is 10.6. The number of rotatable bonds is 4. The van der Waals surface area contributed by atoms with Crippen molar-refractivity contribution in [2.75, 3.05) is 21.3 Å². The maximum atomic E-state index is 10.6. The monoisotopic (exact) mass is 149 g/mol. The number of hydrogen-bond acceptors (Lipinski definition) is 4. The molecule has 10 heavy (non-hydrogen) atoms. The van der Waals surface area contributed by atoms with Crippen LogP contribution in [0.2, 0.25) is 0 Å². The highest BCUT2D eigenvalue weighted by molar-refractivity contribution is 5.80. The van der Waals surface area contributed by atoms with Crippen LogP contribution in [0.1, 0.15) is 0 Å². The molecule has 0 spiro atoms. The molecule has 0 saturated heterocycles. The van der Waals surface area contributed by atoms with Gasteiger partial charge in [-0.2, -0.15) is 0 Å². The summed E-state index contributed by atoms with van der Waals surface area (Å²) in [7, 11) is 3.78. The van der Waals surface area contributed by atoms with Gasteiger partial charge in [0.25, 0.3) is 0 Å². The lowest BCUT2D eigenvalue weighted by Crippen LogP contribution is -2.48. The van der Waals surface area contributed by atoms with Gasteiger partial charge in [0, 0.05) is 21.3 Å². The molecule has 0 aliphatic carbocycles. The second-order valence-electron chi connectivity index (χ2n) is 1.53. The summed E-state index contributed by atoms with van der Waals surface area (Å²) in [5, 5.41) is 0. The summed E-state index contributed by atoms with van der Waals surface area (Å²) < 4.78 is 13.7. The first-order valence-electron chi connectivity index (χ1n) is 2.58. The van der Waals surface area contributed by atoms with Crippen molar-refractivity contribution in [1.29, 1.82) is 0 Å². The molecule has 0 heterocycles. The Morgan fingerprint density at radius 2 is 1.50 bits per heavy atom. The highest BCUT2D eigenvalue weighted by Gasteiger charge is 2.37. The summed E-state index contributed by atoms with van der Waals surface area (Å²) in [6.45, 7) is 0. The first-order valence-corrected chi connectivity index (χ1v) is 2.58. The molecule has 0 radical (unpaired) electrons. The molecule has 5 heteroatoms. The molecule has 0 rings (SSSR count). The van der Waals surface area contributed by atoms with E-state index in [1.54, 1.807) is 0 Å². The fourth-order valence-corrected chi connectivity index (χ4v) is 0.552. The van der Waals surface area contributed by atoms with Crippen LogP contribution < -0.4 is 5.73 Å². The molecule has 5 nitrogen and oxygen atoms in total. The van der Waals surface area contributed by atoms with Gasteiger partial charge in [0.2, 0.25) is 0 Å². The molecule has 60 valence electrons. The van der Waals surface area contributed by atoms with Gasteiger partial charge >= 0.3 is 11.9 Å². The minimum Gasteiger partial charge on any atom is -0.363 e. The Morgan fingerprint density at radius 1 is 1.20 bits per heavy atom. The lowest BCUT2D eigenvalue weighted by Gasteiger charge is -2.24. The molecule has 0 saturated carbocycles. The average molecular weight is 149 g/mol. The first kappa shape index (κ1) is 9.35. The van der Waals surface area contributed by atoms with Gasteiger partial charge in [-0.15, -0.1) is 0 Å². The number of nitrogens with two attached hydrogens (primary N) is 1. The Balaban J connectivity index is 4.31. The van der Waals surface area contributed by atoms with Crippen LogP contribution in [0.25, 0.3) is 0 Å². The van der Waals surface area contributed by atoms with Crippen molar-refractivity contribution in [2.24, 2.45) is 5.73 Å². The molecule has 0 aromatic carbocycles. The zero-order valence-corrected chi connectivity index (χ0v) is 6.21. The summed E-state index contributed by atoms with van der Waals surface area (Å²) in [4.78, 5) is 10.6. The molecular weight excluding hydrogens is 138 g/mol. The van der Waals surface area contributed by atoms with Crippen LogP contribution in [0, 0.1) is 0 Å². The number of carbonyl (C=O) groups is 1. The van der Waals surface area contributed by atoms with Gasteiger partial charge in [-0.25, -0.2) is 0 Å². The second-order valence-corrected chi connectivity index (χ2v) is 1.53. The highest BCUT2D eigenvalue weighted by atomic mass is 16.9. The van der Waals surface area contributed by atoms with E-state index in [-0.39, 0.29) is 0 Å². The minimum absolute atomic E-state index is 0.819. The SMILES string of the molecule is COC(OC)(OC)C(N)=O. The van der Waals surface area contributed by atoms with Gasteiger partial charge in [-0.3, -0.25) is 4.79 Å². The minimum atomic E-state index is -1.74. The number of amides is 1. The summed E-state index contributed by atoms with van der Waals surface area (Å²) in [6, 6.07) is 0. The van der Waals surface area contributed by atoms with E-state index in [0.29, 0.717) is 0 Å². The number of hydrogen-bond donors (Lipinski definition) is 1. The third kappa shape index (κ3) is 1.44. The van der Waals surface area contributed by atoms with Crippen LogP contribution in [-0.4, -0.2) is 33.2 Å². The van der Waals surface area contributed by atoms with Crippen molar-refractivity contribution in [3.05, 3.63) is 0 Å². The fourth-order valence-electron chi connectivity index (χ4n) is 0.552. The quantitative estimate of drug-likeness (QED) is 0.524. The summed E-state index contributed by atoms with van der Waals surface area (Å²) in [5.74, 6) is -2.56. The van der Waals surface area contributed by atoms with E-state index in [1.807, 2.05) is 0 Å². The first-order chi connectivity index (χ1) is 4.63.